The monoisotopic (exact) mass is 374 g/mol. The third kappa shape index (κ3) is 4.34. The smallest absolute Gasteiger partial charge is 0.242 e. The SMILES string of the molecule is CCNCc1ccc(Br)c(S(=O)(=O)NCc2ncon2)c1. The van der Waals surface area contributed by atoms with Crippen LogP contribution in [0.15, 0.2) is 38.5 Å². The lowest BCUT2D eigenvalue weighted by molar-refractivity contribution is 0.409. The third-order valence-electron chi connectivity index (χ3n) is 2.69. The van der Waals surface area contributed by atoms with Gasteiger partial charge in [0.1, 0.15) is 0 Å². The summed E-state index contributed by atoms with van der Waals surface area (Å²) in [4.78, 5) is 3.95. The fraction of sp³-hybridized carbons (Fsp3) is 0.333. The van der Waals surface area contributed by atoms with Crippen LogP contribution in [0, 0.1) is 0 Å². The maximum atomic E-state index is 12.3. The zero-order chi connectivity index (χ0) is 15.3. The minimum Gasteiger partial charge on any atom is -0.343 e. The molecular formula is C12H15BrN4O3S. The van der Waals surface area contributed by atoms with Gasteiger partial charge < -0.3 is 9.84 Å². The van der Waals surface area contributed by atoms with Crippen molar-refractivity contribution in [3.05, 3.63) is 40.5 Å². The van der Waals surface area contributed by atoms with Gasteiger partial charge >= 0.3 is 0 Å². The van der Waals surface area contributed by atoms with Crippen LogP contribution in [0.1, 0.15) is 18.3 Å². The highest BCUT2D eigenvalue weighted by molar-refractivity contribution is 9.10. The van der Waals surface area contributed by atoms with E-state index in [1.807, 2.05) is 13.0 Å². The average Bonchev–Trinajstić information content (AvgIpc) is 2.97. The average molecular weight is 375 g/mol. The van der Waals surface area contributed by atoms with Gasteiger partial charge in [0, 0.05) is 11.0 Å². The highest BCUT2D eigenvalue weighted by Crippen LogP contribution is 2.23. The predicted octanol–water partition coefficient (Wildman–Crippen LogP) is 1.42. The van der Waals surface area contributed by atoms with Crippen molar-refractivity contribution < 1.29 is 12.9 Å². The maximum Gasteiger partial charge on any atom is 0.242 e. The van der Waals surface area contributed by atoms with E-state index in [4.69, 9.17) is 0 Å². The van der Waals surface area contributed by atoms with E-state index in [2.05, 4.69) is 40.6 Å². The molecule has 0 amide bonds. The van der Waals surface area contributed by atoms with Crippen molar-refractivity contribution in [1.29, 1.82) is 0 Å². The molecule has 0 saturated heterocycles. The van der Waals surface area contributed by atoms with Crippen molar-refractivity contribution in [1.82, 2.24) is 20.2 Å². The van der Waals surface area contributed by atoms with Crippen molar-refractivity contribution in [2.75, 3.05) is 6.54 Å². The lowest BCUT2D eigenvalue weighted by atomic mass is 10.2. The standard InChI is InChI=1S/C12H15BrN4O3S/c1-2-14-6-9-3-4-10(13)11(5-9)21(18,19)16-7-12-15-8-20-17-12/h3-5,8,14,16H,2,6-7H2,1H3. The lowest BCUT2D eigenvalue weighted by Crippen LogP contribution is -2.24. The Hall–Kier alpha value is -1.29. The second kappa shape index (κ2) is 7.12. The number of nitrogens with one attached hydrogen (secondary N) is 2. The van der Waals surface area contributed by atoms with Crippen molar-refractivity contribution >= 4 is 26.0 Å². The minimum atomic E-state index is -3.66. The van der Waals surface area contributed by atoms with Crippen molar-refractivity contribution in [2.24, 2.45) is 0 Å². The summed E-state index contributed by atoms with van der Waals surface area (Å²) in [6, 6.07) is 5.21. The quantitative estimate of drug-likeness (QED) is 0.760. The number of rotatable bonds is 7. The molecule has 7 nitrogen and oxygen atoms in total. The Kier molecular flexibility index (Phi) is 5.45. The first-order valence-corrected chi connectivity index (χ1v) is 8.54. The number of hydrogen-bond acceptors (Lipinski definition) is 6. The van der Waals surface area contributed by atoms with E-state index in [1.54, 1.807) is 12.1 Å². The molecule has 0 radical (unpaired) electrons. The molecule has 1 heterocycles. The largest absolute Gasteiger partial charge is 0.343 e. The predicted molar refractivity (Wildman–Crippen MR) is 79.8 cm³/mol. The van der Waals surface area contributed by atoms with Gasteiger partial charge in [0.15, 0.2) is 5.82 Å². The van der Waals surface area contributed by atoms with Crippen LogP contribution in [-0.4, -0.2) is 25.1 Å². The Morgan fingerprint density at radius 1 is 1.33 bits per heavy atom. The fourth-order valence-corrected chi connectivity index (χ4v) is 3.63. The summed E-state index contributed by atoms with van der Waals surface area (Å²) in [6.45, 7) is 3.39. The van der Waals surface area contributed by atoms with Crippen LogP contribution in [0.3, 0.4) is 0 Å². The summed E-state index contributed by atoms with van der Waals surface area (Å²) in [5.41, 5.74) is 0.889. The summed E-state index contributed by atoms with van der Waals surface area (Å²) >= 11 is 3.26. The molecule has 2 N–H and O–H groups in total. The van der Waals surface area contributed by atoms with Crippen LogP contribution in [-0.2, 0) is 23.1 Å². The Balaban J connectivity index is 2.17. The highest BCUT2D eigenvalue weighted by atomic mass is 79.9. The number of aromatic nitrogens is 2. The van der Waals surface area contributed by atoms with Gasteiger partial charge in [-0.15, -0.1) is 0 Å². The second-order valence-electron chi connectivity index (χ2n) is 4.22. The zero-order valence-electron chi connectivity index (χ0n) is 11.3. The van der Waals surface area contributed by atoms with E-state index in [1.165, 1.54) is 0 Å². The topological polar surface area (TPSA) is 97.1 Å². The number of halogens is 1. The Labute approximate surface area is 131 Å². The van der Waals surface area contributed by atoms with Gasteiger partial charge in [0.05, 0.1) is 11.4 Å². The first-order valence-electron chi connectivity index (χ1n) is 6.27. The first-order chi connectivity index (χ1) is 10.0. The van der Waals surface area contributed by atoms with Crippen LogP contribution in [0.4, 0.5) is 0 Å². The molecule has 9 heteroatoms. The van der Waals surface area contributed by atoms with E-state index in [9.17, 15) is 8.42 Å². The van der Waals surface area contributed by atoms with E-state index in [0.717, 1.165) is 18.5 Å². The molecule has 21 heavy (non-hydrogen) atoms. The molecule has 1 aromatic heterocycles. The van der Waals surface area contributed by atoms with Crippen molar-refractivity contribution in [3.63, 3.8) is 0 Å². The normalized spacial score (nSPS) is 11.7. The Morgan fingerprint density at radius 2 is 2.14 bits per heavy atom. The van der Waals surface area contributed by atoms with E-state index in [0.29, 0.717) is 11.0 Å². The van der Waals surface area contributed by atoms with Gasteiger partial charge in [0.25, 0.3) is 0 Å². The first kappa shape index (κ1) is 16.1. The van der Waals surface area contributed by atoms with Gasteiger partial charge in [0.2, 0.25) is 16.4 Å². The van der Waals surface area contributed by atoms with Gasteiger partial charge in [-0.1, -0.05) is 18.1 Å². The van der Waals surface area contributed by atoms with Crippen LogP contribution in [0.2, 0.25) is 0 Å². The molecule has 0 atom stereocenters. The van der Waals surface area contributed by atoms with Gasteiger partial charge in [-0.05, 0) is 40.2 Å². The molecule has 0 bridgehead atoms. The fourth-order valence-electron chi connectivity index (χ4n) is 1.64. The van der Waals surface area contributed by atoms with E-state index < -0.39 is 10.0 Å². The molecule has 0 spiro atoms. The van der Waals surface area contributed by atoms with Gasteiger partial charge in [-0.3, -0.25) is 0 Å². The number of hydrogen-bond donors (Lipinski definition) is 2. The molecule has 0 aliphatic heterocycles. The van der Waals surface area contributed by atoms with Crippen LogP contribution in [0.5, 0.6) is 0 Å². The molecule has 0 saturated carbocycles. The van der Waals surface area contributed by atoms with Crippen molar-refractivity contribution in [2.45, 2.75) is 24.9 Å². The second-order valence-corrected chi connectivity index (χ2v) is 6.81. The molecule has 0 aliphatic carbocycles. The zero-order valence-corrected chi connectivity index (χ0v) is 13.7. The number of benzene rings is 1. The maximum absolute atomic E-state index is 12.3. The molecule has 0 aliphatic rings. The Morgan fingerprint density at radius 3 is 2.81 bits per heavy atom. The van der Waals surface area contributed by atoms with Crippen molar-refractivity contribution in [3.8, 4) is 0 Å². The van der Waals surface area contributed by atoms with E-state index in [-0.39, 0.29) is 17.3 Å². The molecular weight excluding hydrogens is 360 g/mol. The molecule has 2 rings (SSSR count). The summed E-state index contributed by atoms with van der Waals surface area (Å²) in [7, 11) is -3.66. The summed E-state index contributed by atoms with van der Waals surface area (Å²) in [5, 5.41) is 6.71. The van der Waals surface area contributed by atoms with Crippen LogP contribution < -0.4 is 10.0 Å². The molecule has 0 unspecified atom stereocenters. The third-order valence-corrected chi connectivity index (χ3v) is 5.09. The molecule has 1 aromatic carbocycles. The number of sulfonamides is 1. The molecule has 0 fully saturated rings. The summed E-state index contributed by atoms with van der Waals surface area (Å²) < 4.78 is 32.2. The van der Waals surface area contributed by atoms with E-state index >= 15 is 0 Å². The molecule has 114 valence electrons. The lowest BCUT2D eigenvalue weighted by Gasteiger charge is -2.10. The van der Waals surface area contributed by atoms with Crippen LogP contribution in [0.25, 0.3) is 0 Å². The van der Waals surface area contributed by atoms with Gasteiger partial charge in [-0.2, -0.15) is 4.98 Å². The number of nitrogens with zero attached hydrogens (tertiary/aromatic N) is 2. The molecule has 2 aromatic rings. The van der Waals surface area contributed by atoms with Crippen LogP contribution >= 0.6 is 15.9 Å². The minimum absolute atomic E-state index is 0.0251. The summed E-state index contributed by atoms with van der Waals surface area (Å²) in [6.07, 6.45) is 1.15. The Bertz CT molecular complexity index is 689. The summed E-state index contributed by atoms with van der Waals surface area (Å²) in [5.74, 6) is 0.276. The van der Waals surface area contributed by atoms with Gasteiger partial charge in [-0.25, -0.2) is 13.1 Å². The highest BCUT2D eigenvalue weighted by Gasteiger charge is 2.18.